The van der Waals surface area contributed by atoms with Gasteiger partial charge >= 0.3 is 0 Å². The fourth-order valence-corrected chi connectivity index (χ4v) is 5.11. The second-order valence-electron chi connectivity index (χ2n) is 9.90. The first kappa shape index (κ1) is 24.8. The number of amides is 1. The van der Waals surface area contributed by atoms with E-state index in [1.165, 1.54) is 16.7 Å². The number of imidazole rings is 1. The van der Waals surface area contributed by atoms with E-state index in [0.29, 0.717) is 18.0 Å². The van der Waals surface area contributed by atoms with Crippen LogP contribution < -0.4 is 5.32 Å². The van der Waals surface area contributed by atoms with Gasteiger partial charge in [0.2, 0.25) is 0 Å². The number of hydrogen-bond donors (Lipinski definition) is 2. The van der Waals surface area contributed by atoms with Gasteiger partial charge in [0.05, 0.1) is 5.76 Å². The highest BCUT2D eigenvalue weighted by Gasteiger charge is 2.25. The first-order chi connectivity index (χ1) is 16.8. The van der Waals surface area contributed by atoms with E-state index in [9.17, 15) is 9.90 Å². The minimum absolute atomic E-state index is 0.177. The van der Waals surface area contributed by atoms with Crippen LogP contribution in [0.5, 0.6) is 0 Å². The molecule has 0 fully saturated rings. The van der Waals surface area contributed by atoms with E-state index in [4.69, 9.17) is 4.98 Å². The molecule has 1 aromatic heterocycles. The average Bonchev–Trinajstić information content (AvgIpc) is 3.36. The molecular formula is C30H37N3O2. The van der Waals surface area contributed by atoms with Gasteiger partial charge in [-0.05, 0) is 86.4 Å². The molecular weight excluding hydrogens is 434 g/mol. The Bertz CT molecular complexity index is 1250. The molecule has 0 bridgehead atoms. The molecule has 5 nitrogen and oxygen atoms in total. The Balaban J connectivity index is 1.67. The molecule has 1 aliphatic carbocycles. The summed E-state index contributed by atoms with van der Waals surface area (Å²) in [6.07, 6.45) is 5.94. The van der Waals surface area contributed by atoms with Gasteiger partial charge in [-0.3, -0.25) is 4.79 Å². The third kappa shape index (κ3) is 5.34. The van der Waals surface area contributed by atoms with Crippen molar-refractivity contribution in [3.8, 4) is 11.4 Å². The number of aromatic nitrogens is 2. The smallest absolute Gasteiger partial charge is 0.276 e. The van der Waals surface area contributed by atoms with E-state index in [2.05, 4.69) is 48.5 Å². The van der Waals surface area contributed by atoms with E-state index >= 15 is 0 Å². The summed E-state index contributed by atoms with van der Waals surface area (Å²) in [6.45, 7) is 12.8. The summed E-state index contributed by atoms with van der Waals surface area (Å²) < 4.78 is 2.20. The monoisotopic (exact) mass is 471 g/mol. The number of hydrogen-bond acceptors (Lipinski definition) is 3. The van der Waals surface area contributed by atoms with Crippen molar-refractivity contribution in [3.05, 3.63) is 82.4 Å². The second-order valence-corrected chi connectivity index (χ2v) is 9.90. The van der Waals surface area contributed by atoms with Gasteiger partial charge in [0.1, 0.15) is 11.5 Å². The molecule has 3 aromatic rings. The quantitative estimate of drug-likeness (QED) is 0.252. The lowest BCUT2D eigenvalue weighted by atomic mass is 9.96. The number of rotatable bonds is 9. The van der Waals surface area contributed by atoms with Gasteiger partial charge in [0.25, 0.3) is 5.91 Å². The maximum Gasteiger partial charge on any atom is 0.276 e. The summed E-state index contributed by atoms with van der Waals surface area (Å²) in [5.74, 6) is 1.24. The van der Waals surface area contributed by atoms with Crippen molar-refractivity contribution in [3.63, 3.8) is 0 Å². The third-order valence-electron chi connectivity index (χ3n) is 7.27. The van der Waals surface area contributed by atoms with E-state index < -0.39 is 0 Å². The van der Waals surface area contributed by atoms with Crippen molar-refractivity contribution in [2.75, 3.05) is 5.32 Å². The summed E-state index contributed by atoms with van der Waals surface area (Å²) in [6, 6.07) is 12.5. The van der Waals surface area contributed by atoms with Crippen molar-refractivity contribution in [1.82, 2.24) is 9.55 Å². The number of carbonyl (C=O) groups excluding carboxylic acids is 1. The molecule has 184 valence electrons. The number of aliphatic hydroxyl groups is 1. The molecule has 1 amide bonds. The maximum absolute atomic E-state index is 13.3. The molecule has 0 radical (unpaired) electrons. The van der Waals surface area contributed by atoms with Gasteiger partial charge in [0.15, 0.2) is 0 Å². The Labute approximate surface area is 208 Å². The SMILES string of the molecule is C=C(O)C[C@@H]1CCc2cc(-c3nc(C(=O)Nc4ccc(C)c(C)c4)c(C)n3CCCCC)ccc21. The Morgan fingerprint density at radius 3 is 2.66 bits per heavy atom. The molecule has 2 N–H and O–H groups in total. The Kier molecular flexibility index (Phi) is 7.44. The minimum Gasteiger partial charge on any atom is -0.513 e. The normalized spacial score (nSPS) is 14.7. The zero-order valence-electron chi connectivity index (χ0n) is 21.4. The van der Waals surface area contributed by atoms with E-state index in [1.54, 1.807) is 0 Å². The topological polar surface area (TPSA) is 67.2 Å². The number of aryl methyl sites for hydroxylation is 3. The molecule has 5 heteroatoms. The summed E-state index contributed by atoms with van der Waals surface area (Å²) in [4.78, 5) is 18.2. The predicted octanol–water partition coefficient (Wildman–Crippen LogP) is 7.41. The van der Waals surface area contributed by atoms with Crippen molar-refractivity contribution in [2.24, 2.45) is 0 Å². The van der Waals surface area contributed by atoms with Crippen LogP contribution in [0.1, 0.15) is 83.4 Å². The van der Waals surface area contributed by atoms with Crippen molar-refractivity contribution >= 4 is 11.6 Å². The minimum atomic E-state index is -0.177. The van der Waals surface area contributed by atoms with E-state index in [1.807, 2.05) is 32.0 Å². The molecule has 0 saturated carbocycles. The Morgan fingerprint density at radius 1 is 1.14 bits per heavy atom. The zero-order valence-corrected chi connectivity index (χ0v) is 21.4. The van der Waals surface area contributed by atoms with Gasteiger partial charge in [-0.25, -0.2) is 4.98 Å². The van der Waals surface area contributed by atoms with Crippen LogP contribution >= 0.6 is 0 Å². The van der Waals surface area contributed by atoms with Crippen LogP contribution in [0.15, 0.2) is 48.7 Å². The number of nitrogens with one attached hydrogen (secondary N) is 1. The lowest BCUT2D eigenvalue weighted by Crippen LogP contribution is -2.14. The largest absolute Gasteiger partial charge is 0.513 e. The number of allylic oxidation sites excluding steroid dienone is 1. The first-order valence-electron chi connectivity index (χ1n) is 12.7. The Hall–Kier alpha value is -3.34. The molecule has 0 spiro atoms. The molecule has 1 atom stereocenters. The Morgan fingerprint density at radius 2 is 1.94 bits per heavy atom. The summed E-state index contributed by atoms with van der Waals surface area (Å²) in [5, 5.41) is 12.7. The summed E-state index contributed by atoms with van der Waals surface area (Å²) in [7, 11) is 0. The fraction of sp³-hybridized carbons (Fsp3) is 0.400. The summed E-state index contributed by atoms with van der Waals surface area (Å²) >= 11 is 0. The van der Waals surface area contributed by atoms with Gasteiger partial charge in [-0.1, -0.05) is 44.5 Å². The van der Waals surface area contributed by atoms with Crippen molar-refractivity contribution < 1.29 is 9.90 Å². The molecule has 0 saturated heterocycles. The lowest BCUT2D eigenvalue weighted by molar-refractivity contribution is 0.102. The van der Waals surface area contributed by atoms with Crippen LogP contribution in [0.4, 0.5) is 5.69 Å². The second kappa shape index (κ2) is 10.5. The molecule has 2 aromatic carbocycles. The van der Waals surface area contributed by atoms with Gasteiger partial charge < -0.3 is 15.0 Å². The van der Waals surface area contributed by atoms with Gasteiger partial charge in [0, 0.05) is 29.9 Å². The van der Waals surface area contributed by atoms with E-state index in [0.717, 1.165) is 67.0 Å². The van der Waals surface area contributed by atoms with Crippen LogP contribution in [-0.4, -0.2) is 20.6 Å². The number of aliphatic hydroxyl groups excluding tert-OH is 1. The number of carbonyl (C=O) groups is 1. The first-order valence-corrected chi connectivity index (χ1v) is 12.7. The number of nitrogens with zero attached hydrogens (tertiary/aromatic N) is 2. The van der Waals surface area contributed by atoms with Crippen molar-refractivity contribution in [1.29, 1.82) is 0 Å². The van der Waals surface area contributed by atoms with Crippen LogP contribution in [0.25, 0.3) is 11.4 Å². The molecule has 1 aliphatic rings. The summed E-state index contributed by atoms with van der Waals surface area (Å²) in [5.41, 5.74) is 8.13. The number of unbranched alkanes of at least 4 members (excludes halogenated alkanes) is 2. The zero-order chi connectivity index (χ0) is 25.1. The number of fused-ring (bicyclic) bond motifs is 1. The highest BCUT2D eigenvalue weighted by Crippen LogP contribution is 2.39. The average molecular weight is 472 g/mol. The molecule has 35 heavy (non-hydrogen) atoms. The van der Waals surface area contributed by atoms with Crippen molar-refractivity contribution in [2.45, 2.75) is 78.7 Å². The number of benzene rings is 2. The maximum atomic E-state index is 13.3. The third-order valence-corrected chi connectivity index (χ3v) is 7.27. The van der Waals surface area contributed by atoms with Gasteiger partial charge in [-0.15, -0.1) is 0 Å². The standard InChI is InChI=1S/C30H37N3O2/c1-6-7-8-15-33-22(5)28(30(35)31-26-13-9-19(2)20(3)16-26)32-29(33)25-12-14-27-23(17-21(4)34)10-11-24(27)18-25/h9,12-14,16,18,23,34H,4,6-8,10-11,15,17H2,1-3,5H3,(H,31,35)/t23-/m0/s1. The highest BCUT2D eigenvalue weighted by atomic mass is 16.3. The number of anilines is 1. The predicted molar refractivity (Wildman–Crippen MR) is 143 cm³/mol. The molecule has 0 aliphatic heterocycles. The molecule has 4 rings (SSSR count). The van der Waals surface area contributed by atoms with Crippen LogP contribution in [0.2, 0.25) is 0 Å². The van der Waals surface area contributed by atoms with E-state index in [-0.39, 0.29) is 11.7 Å². The fourth-order valence-electron chi connectivity index (χ4n) is 5.11. The van der Waals surface area contributed by atoms with Crippen LogP contribution in [-0.2, 0) is 13.0 Å². The van der Waals surface area contributed by atoms with Crippen LogP contribution in [0, 0.1) is 20.8 Å². The molecule has 1 heterocycles. The van der Waals surface area contributed by atoms with Gasteiger partial charge in [-0.2, -0.15) is 0 Å². The van der Waals surface area contributed by atoms with Crippen LogP contribution in [0.3, 0.4) is 0 Å². The highest BCUT2D eigenvalue weighted by molar-refractivity contribution is 6.04. The lowest BCUT2D eigenvalue weighted by Gasteiger charge is -2.13. The molecule has 0 unspecified atom stereocenters.